The number of methoxy groups -OCH3 is 1. The number of ether oxygens (including phenoxy) is 1. The van der Waals surface area contributed by atoms with Crippen LogP contribution in [-0.4, -0.2) is 11.5 Å². The first-order valence-electron chi connectivity index (χ1n) is 6.96. The molecule has 2 aromatic carbocycles. The summed E-state index contributed by atoms with van der Waals surface area (Å²) in [6.07, 6.45) is 1.95. The molecule has 1 aromatic heterocycles. The van der Waals surface area contributed by atoms with Crippen LogP contribution in [0.4, 0.5) is 0 Å². The minimum absolute atomic E-state index is 0.928. The third-order valence-electron chi connectivity index (χ3n) is 3.83. The fraction of sp³-hybridized carbons (Fsp3) is 0.167. The molecule has 0 saturated heterocycles. The van der Waals surface area contributed by atoms with Crippen molar-refractivity contribution in [2.75, 3.05) is 7.11 Å². The number of halogens is 1. The molecule has 4 heteroatoms. The Bertz CT molecular complexity index is 808. The molecule has 0 aliphatic heterocycles. The molecular formula is C18H16INOS. The van der Waals surface area contributed by atoms with Crippen molar-refractivity contribution in [1.29, 1.82) is 0 Å². The largest absolute Gasteiger partial charge is 0.496 e. The first-order chi connectivity index (χ1) is 10.6. The topological polar surface area (TPSA) is 22.1 Å². The van der Waals surface area contributed by atoms with Crippen LogP contribution in [-0.2, 0) is 0 Å². The van der Waals surface area contributed by atoms with Gasteiger partial charge in [0.25, 0.3) is 0 Å². The van der Waals surface area contributed by atoms with Crippen molar-refractivity contribution in [2.24, 2.45) is 0 Å². The van der Waals surface area contributed by atoms with Crippen LogP contribution in [0.25, 0.3) is 21.6 Å². The van der Waals surface area contributed by atoms with Gasteiger partial charge >= 0.3 is 0 Å². The second kappa shape index (κ2) is 6.38. The lowest BCUT2D eigenvalue weighted by Crippen LogP contribution is -1.91. The lowest BCUT2D eigenvalue weighted by atomic mass is 9.99. The Hall–Kier alpha value is -1.40. The third-order valence-corrected chi connectivity index (χ3v) is 5.40. The Morgan fingerprint density at radius 1 is 1.05 bits per heavy atom. The van der Waals surface area contributed by atoms with Gasteiger partial charge in [-0.25, -0.2) is 0 Å². The van der Waals surface area contributed by atoms with E-state index in [0.717, 1.165) is 11.3 Å². The van der Waals surface area contributed by atoms with Crippen LogP contribution in [0, 0.1) is 17.4 Å². The summed E-state index contributed by atoms with van der Waals surface area (Å²) in [5, 5.41) is 0. The molecule has 3 aromatic rings. The van der Waals surface area contributed by atoms with Gasteiger partial charge in [0.2, 0.25) is 0 Å². The number of nitrogens with zero attached hydrogens (tertiary/aromatic N) is 1. The Morgan fingerprint density at radius 3 is 2.45 bits per heavy atom. The maximum Gasteiger partial charge on any atom is 0.122 e. The number of aryl methyl sites for hydroxylation is 1. The zero-order chi connectivity index (χ0) is 15.7. The summed E-state index contributed by atoms with van der Waals surface area (Å²) in [7, 11) is 1.72. The first-order valence-corrected chi connectivity index (χ1v) is 8.81. The van der Waals surface area contributed by atoms with E-state index < -0.39 is 0 Å². The Morgan fingerprint density at radius 2 is 1.77 bits per heavy atom. The monoisotopic (exact) mass is 421 g/mol. The Kier molecular flexibility index (Phi) is 4.49. The van der Waals surface area contributed by atoms with Crippen LogP contribution in [0.3, 0.4) is 0 Å². The Balaban J connectivity index is 2.13. The summed E-state index contributed by atoms with van der Waals surface area (Å²) in [5.41, 5.74) is 5.95. The molecule has 22 heavy (non-hydrogen) atoms. The molecule has 0 radical (unpaired) electrons. The fourth-order valence-electron chi connectivity index (χ4n) is 2.45. The van der Waals surface area contributed by atoms with Gasteiger partial charge in [0, 0.05) is 15.3 Å². The molecule has 0 unspecified atom stereocenters. The number of benzene rings is 2. The molecule has 1 heterocycles. The predicted octanol–water partition coefficient (Wildman–Crippen LogP) is 5.71. The smallest absolute Gasteiger partial charge is 0.122 e. The highest BCUT2D eigenvalue weighted by Crippen LogP contribution is 2.38. The molecule has 0 spiro atoms. The lowest BCUT2D eigenvalue weighted by molar-refractivity contribution is 0.411. The van der Waals surface area contributed by atoms with E-state index in [0.29, 0.717) is 0 Å². The van der Waals surface area contributed by atoms with E-state index in [4.69, 9.17) is 4.74 Å². The molecule has 112 valence electrons. The predicted molar refractivity (Wildman–Crippen MR) is 102 cm³/mol. The highest BCUT2D eigenvalue weighted by Gasteiger charge is 2.13. The number of rotatable bonds is 3. The van der Waals surface area contributed by atoms with Crippen molar-refractivity contribution >= 4 is 34.1 Å². The molecule has 0 bridgehead atoms. The Labute approximate surface area is 148 Å². The van der Waals surface area contributed by atoms with E-state index in [-0.39, 0.29) is 0 Å². The second-order valence-electron chi connectivity index (χ2n) is 5.20. The van der Waals surface area contributed by atoms with Crippen LogP contribution in [0.5, 0.6) is 5.75 Å². The van der Waals surface area contributed by atoms with Crippen LogP contribution in [0.15, 0.2) is 42.6 Å². The minimum atomic E-state index is 0.928. The van der Waals surface area contributed by atoms with Crippen molar-refractivity contribution in [1.82, 2.24) is 4.37 Å². The van der Waals surface area contributed by atoms with E-state index in [9.17, 15) is 0 Å². The van der Waals surface area contributed by atoms with E-state index in [1.54, 1.807) is 7.11 Å². The van der Waals surface area contributed by atoms with Gasteiger partial charge in [-0.05, 0) is 88.4 Å². The van der Waals surface area contributed by atoms with Gasteiger partial charge in [-0.3, -0.25) is 0 Å². The van der Waals surface area contributed by atoms with Crippen molar-refractivity contribution < 1.29 is 4.74 Å². The molecular weight excluding hydrogens is 405 g/mol. The molecule has 0 aliphatic rings. The summed E-state index contributed by atoms with van der Waals surface area (Å²) in [5.74, 6) is 0.928. The fourth-order valence-corrected chi connectivity index (χ4v) is 3.57. The quantitative estimate of drug-likeness (QED) is 0.506. The molecule has 0 N–H and O–H groups in total. The number of hydrogen-bond acceptors (Lipinski definition) is 3. The van der Waals surface area contributed by atoms with Gasteiger partial charge < -0.3 is 4.74 Å². The highest BCUT2D eigenvalue weighted by molar-refractivity contribution is 14.1. The maximum absolute atomic E-state index is 5.51. The van der Waals surface area contributed by atoms with Crippen molar-refractivity contribution in [3.63, 3.8) is 0 Å². The third kappa shape index (κ3) is 2.90. The molecule has 0 aliphatic carbocycles. The normalized spacial score (nSPS) is 10.7. The summed E-state index contributed by atoms with van der Waals surface area (Å²) in [6.45, 7) is 4.21. The van der Waals surface area contributed by atoms with Crippen LogP contribution >= 0.6 is 34.1 Å². The van der Waals surface area contributed by atoms with Crippen LogP contribution in [0.1, 0.15) is 11.1 Å². The molecule has 0 saturated carbocycles. The minimum Gasteiger partial charge on any atom is -0.496 e. The summed E-state index contributed by atoms with van der Waals surface area (Å²) < 4.78 is 11.1. The van der Waals surface area contributed by atoms with E-state index >= 15 is 0 Å². The van der Waals surface area contributed by atoms with Crippen molar-refractivity contribution in [3.8, 4) is 27.3 Å². The van der Waals surface area contributed by atoms with Gasteiger partial charge in [0.05, 0.1) is 12.0 Å². The molecule has 0 fully saturated rings. The number of hydrogen-bond donors (Lipinski definition) is 0. The lowest BCUT2D eigenvalue weighted by Gasteiger charge is -2.11. The second-order valence-corrected chi connectivity index (χ2v) is 7.24. The molecule has 0 amide bonds. The van der Waals surface area contributed by atoms with Gasteiger partial charge in [0.1, 0.15) is 5.75 Å². The van der Waals surface area contributed by atoms with Crippen molar-refractivity contribution in [2.45, 2.75) is 13.8 Å². The standard InChI is InChI=1S/C18H16INOS/c1-11-8-14(9-17(21-3)12(11)2)18-16(10-20-22-18)13-4-6-15(19)7-5-13/h4-10H,1-3H3. The average molecular weight is 421 g/mol. The molecule has 2 nitrogen and oxygen atoms in total. The van der Waals surface area contributed by atoms with Gasteiger partial charge in [-0.15, -0.1) is 0 Å². The SMILES string of the molecule is COc1cc(-c2sncc2-c2ccc(I)cc2)cc(C)c1C. The van der Waals surface area contributed by atoms with E-state index in [1.165, 1.54) is 42.2 Å². The van der Waals surface area contributed by atoms with E-state index in [1.807, 2.05) is 6.20 Å². The van der Waals surface area contributed by atoms with Gasteiger partial charge in [0.15, 0.2) is 0 Å². The van der Waals surface area contributed by atoms with Gasteiger partial charge in [-0.2, -0.15) is 4.37 Å². The maximum atomic E-state index is 5.51. The summed E-state index contributed by atoms with van der Waals surface area (Å²) >= 11 is 3.85. The summed E-state index contributed by atoms with van der Waals surface area (Å²) in [4.78, 5) is 1.18. The van der Waals surface area contributed by atoms with E-state index in [2.05, 4.69) is 77.2 Å². The van der Waals surface area contributed by atoms with Crippen LogP contribution in [0.2, 0.25) is 0 Å². The highest BCUT2D eigenvalue weighted by atomic mass is 127. The first kappa shape index (κ1) is 15.5. The number of aromatic nitrogens is 1. The summed E-state index contributed by atoms with van der Waals surface area (Å²) in [6, 6.07) is 12.9. The zero-order valence-electron chi connectivity index (χ0n) is 12.7. The average Bonchev–Trinajstić information content (AvgIpc) is 3.00. The van der Waals surface area contributed by atoms with Crippen LogP contribution < -0.4 is 4.74 Å². The zero-order valence-corrected chi connectivity index (χ0v) is 15.7. The van der Waals surface area contributed by atoms with Crippen molar-refractivity contribution in [3.05, 3.63) is 57.3 Å². The molecule has 0 atom stereocenters. The molecule has 3 rings (SSSR count). The van der Waals surface area contributed by atoms with Gasteiger partial charge in [-0.1, -0.05) is 18.2 Å².